The van der Waals surface area contributed by atoms with Crippen LogP contribution in [-0.4, -0.2) is 29.1 Å². The summed E-state index contributed by atoms with van der Waals surface area (Å²) in [7, 11) is 1.29. The van der Waals surface area contributed by atoms with Crippen molar-refractivity contribution in [2.45, 2.75) is 12.8 Å². The number of carbonyl (C=O) groups is 2. The first-order valence-corrected chi connectivity index (χ1v) is 4.11. The number of aromatic amines is 1. The second-order valence-corrected chi connectivity index (χ2v) is 2.78. The minimum atomic E-state index is -0.887. The number of hydrogen-bond donors (Lipinski definition) is 2. The highest BCUT2D eigenvalue weighted by Gasteiger charge is 2.13. The van der Waals surface area contributed by atoms with Crippen molar-refractivity contribution in [3.05, 3.63) is 23.5 Å². The van der Waals surface area contributed by atoms with E-state index >= 15 is 0 Å². The summed E-state index contributed by atoms with van der Waals surface area (Å²) in [5, 5.41) is 8.47. The average molecular weight is 197 g/mol. The summed E-state index contributed by atoms with van der Waals surface area (Å²) in [6.45, 7) is 0. The van der Waals surface area contributed by atoms with E-state index < -0.39 is 11.9 Å². The second-order valence-electron chi connectivity index (χ2n) is 2.78. The van der Waals surface area contributed by atoms with E-state index in [1.807, 2.05) is 0 Å². The quantitative estimate of drug-likeness (QED) is 0.700. The van der Waals surface area contributed by atoms with Gasteiger partial charge in [0.2, 0.25) is 0 Å². The topological polar surface area (TPSA) is 79.4 Å². The Labute approximate surface area is 80.7 Å². The van der Waals surface area contributed by atoms with E-state index in [1.165, 1.54) is 13.3 Å². The van der Waals surface area contributed by atoms with Gasteiger partial charge in [-0.05, 0) is 12.0 Å². The highest BCUT2D eigenvalue weighted by atomic mass is 16.5. The van der Waals surface area contributed by atoms with E-state index in [2.05, 4.69) is 9.72 Å². The summed E-state index contributed by atoms with van der Waals surface area (Å²) < 4.78 is 4.54. The van der Waals surface area contributed by atoms with Crippen LogP contribution >= 0.6 is 0 Å². The van der Waals surface area contributed by atoms with Crippen molar-refractivity contribution in [1.29, 1.82) is 0 Å². The Hall–Kier alpha value is -1.78. The molecule has 1 aromatic heterocycles. The Morgan fingerprint density at radius 2 is 2.21 bits per heavy atom. The van der Waals surface area contributed by atoms with E-state index in [0.29, 0.717) is 17.5 Å². The van der Waals surface area contributed by atoms with E-state index in [-0.39, 0.29) is 6.42 Å². The van der Waals surface area contributed by atoms with Gasteiger partial charge in [0.1, 0.15) is 0 Å². The fourth-order valence-electron chi connectivity index (χ4n) is 1.14. The van der Waals surface area contributed by atoms with Crippen LogP contribution in [0.15, 0.2) is 12.4 Å². The van der Waals surface area contributed by atoms with Crippen LogP contribution in [0.2, 0.25) is 0 Å². The lowest BCUT2D eigenvalue weighted by molar-refractivity contribution is -0.136. The van der Waals surface area contributed by atoms with Crippen molar-refractivity contribution in [2.75, 3.05) is 7.11 Å². The van der Waals surface area contributed by atoms with Crippen molar-refractivity contribution >= 4 is 11.9 Å². The number of esters is 1. The smallest absolute Gasteiger partial charge is 0.339 e. The minimum absolute atomic E-state index is 0.00183. The van der Waals surface area contributed by atoms with Gasteiger partial charge >= 0.3 is 11.9 Å². The number of rotatable bonds is 4. The monoisotopic (exact) mass is 197 g/mol. The molecular weight excluding hydrogens is 186 g/mol. The molecule has 0 fully saturated rings. The van der Waals surface area contributed by atoms with E-state index in [0.717, 1.165) is 0 Å². The fourth-order valence-corrected chi connectivity index (χ4v) is 1.14. The highest BCUT2D eigenvalue weighted by molar-refractivity contribution is 5.90. The number of carbonyl (C=O) groups excluding carboxylic acids is 1. The van der Waals surface area contributed by atoms with Crippen molar-refractivity contribution in [3.8, 4) is 0 Å². The second kappa shape index (κ2) is 4.45. The minimum Gasteiger partial charge on any atom is -0.481 e. The summed E-state index contributed by atoms with van der Waals surface area (Å²) in [5.41, 5.74) is 1.06. The average Bonchev–Trinajstić information content (AvgIpc) is 2.61. The molecule has 0 radical (unpaired) electrons. The van der Waals surface area contributed by atoms with Gasteiger partial charge in [0.05, 0.1) is 12.7 Å². The van der Waals surface area contributed by atoms with Crippen LogP contribution in [0.1, 0.15) is 22.3 Å². The van der Waals surface area contributed by atoms with Crippen LogP contribution in [0.25, 0.3) is 0 Å². The predicted molar refractivity (Wildman–Crippen MR) is 48.1 cm³/mol. The van der Waals surface area contributed by atoms with Crippen molar-refractivity contribution in [1.82, 2.24) is 4.98 Å². The molecule has 0 aliphatic carbocycles. The van der Waals surface area contributed by atoms with Crippen LogP contribution in [0.4, 0.5) is 0 Å². The lowest BCUT2D eigenvalue weighted by atomic mass is 10.1. The number of ether oxygens (including phenoxy) is 1. The van der Waals surface area contributed by atoms with Gasteiger partial charge in [-0.15, -0.1) is 0 Å². The molecule has 1 heterocycles. The Morgan fingerprint density at radius 3 is 2.79 bits per heavy atom. The number of aryl methyl sites for hydroxylation is 1. The molecule has 0 aliphatic heterocycles. The molecule has 14 heavy (non-hydrogen) atoms. The number of aliphatic carboxylic acids is 1. The van der Waals surface area contributed by atoms with Gasteiger partial charge in [-0.25, -0.2) is 4.79 Å². The first-order valence-electron chi connectivity index (χ1n) is 4.11. The van der Waals surface area contributed by atoms with Gasteiger partial charge < -0.3 is 14.8 Å². The molecule has 0 spiro atoms. The molecule has 0 unspecified atom stereocenters. The molecule has 0 bridgehead atoms. The molecule has 5 nitrogen and oxygen atoms in total. The standard InChI is InChI=1S/C9H11NO4/c1-14-9(13)7-5-10-4-6(7)2-3-8(11)12/h4-5,10H,2-3H2,1H3,(H,11,12). The van der Waals surface area contributed by atoms with Gasteiger partial charge in [0.25, 0.3) is 0 Å². The molecule has 1 aromatic rings. The third-order valence-corrected chi connectivity index (χ3v) is 1.84. The number of nitrogens with one attached hydrogen (secondary N) is 1. The van der Waals surface area contributed by atoms with Gasteiger partial charge in [0.15, 0.2) is 0 Å². The lowest BCUT2D eigenvalue weighted by Gasteiger charge is -1.99. The van der Waals surface area contributed by atoms with Crippen molar-refractivity contribution in [3.63, 3.8) is 0 Å². The summed E-state index contributed by atoms with van der Waals surface area (Å²) in [6, 6.07) is 0. The summed E-state index contributed by atoms with van der Waals surface area (Å²) >= 11 is 0. The fraction of sp³-hybridized carbons (Fsp3) is 0.333. The normalized spacial score (nSPS) is 9.79. The number of hydrogen-bond acceptors (Lipinski definition) is 3. The van der Waals surface area contributed by atoms with Crippen LogP contribution in [0, 0.1) is 0 Å². The number of H-pyrrole nitrogens is 1. The van der Waals surface area contributed by atoms with Crippen LogP contribution in [0.5, 0.6) is 0 Å². The molecule has 0 saturated heterocycles. The summed E-state index contributed by atoms with van der Waals surface area (Å²) in [6.07, 6.45) is 3.43. The highest BCUT2D eigenvalue weighted by Crippen LogP contribution is 2.11. The third kappa shape index (κ3) is 2.35. The van der Waals surface area contributed by atoms with Gasteiger partial charge in [-0.1, -0.05) is 0 Å². The van der Waals surface area contributed by atoms with E-state index in [1.54, 1.807) is 6.20 Å². The first kappa shape index (κ1) is 10.3. The molecule has 0 saturated carbocycles. The zero-order valence-electron chi connectivity index (χ0n) is 7.74. The Morgan fingerprint density at radius 1 is 1.50 bits per heavy atom. The van der Waals surface area contributed by atoms with Gasteiger partial charge in [0, 0.05) is 18.8 Å². The summed E-state index contributed by atoms with van der Waals surface area (Å²) in [5.74, 6) is -1.34. The molecule has 0 amide bonds. The zero-order chi connectivity index (χ0) is 10.6. The zero-order valence-corrected chi connectivity index (χ0v) is 7.74. The van der Waals surface area contributed by atoms with Gasteiger partial charge in [-0.2, -0.15) is 0 Å². The number of aromatic nitrogens is 1. The van der Waals surface area contributed by atoms with Crippen molar-refractivity contribution < 1.29 is 19.4 Å². The molecule has 0 aromatic carbocycles. The maximum absolute atomic E-state index is 11.2. The van der Waals surface area contributed by atoms with Gasteiger partial charge in [-0.3, -0.25) is 4.79 Å². The van der Waals surface area contributed by atoms with E-state index in [9.17, 15) is 9.59 Å². The first-order chi connectivity index (χ1) is 6.65. The maximum atomic E-state index is 11.2. The molecular formula is C9H11NO4. The molecule has 0 aliphatic rings. The Balaban J connectivity index is 2.72. The third-order valence-electron chi connectivity index (χ3n) is 1.84. The Bertz CT molecular complexity index is 342. The Kier molecular flexibility index (Phi) is 3.28. The number of methoxy groups -OCH3 is 1. The number of carboxylic acids is 1. The van der Waals surface area contributed by atoms with Crippen LogP contribution in [0.3, 0.4) is 0 Å². The number of carboxylic acid groups (broad SMARTS) is 1. The SMILES string of the molecule is COC(=O)c1c[nH]cc1CCC(=O)O. The van der Waals surface area contributed by atoms with Crippen molar-refractivity contribution in [2.24, 2.45) is 0 Å². The van der Waals surface area contributed by atoms with E-state index in [4.69, 9.17) is 5.11 Å². The molecule has 0 atom stereocenters. The lowest BCUT2D eigenvalue weighted by Crippen LogP contribution is -2.04. The molecule has 5 heteroatoms. The van der Waals surface area contributed by atoms with Crippen LogP contribution in [-0.2, 0) is 16.0 Å². The predicted octanol–water partition coefficient (Wildman–Crippen LogP) is 0.819. The summed E-state index contributed by atoms with van der Waals surface area (Å²) in [4.78, 5) is 24.2. The molecule has 1 rings (SSSR count). The van der Waals surface area contributed by atoms with Crippen LogP contribution < -0.4 is 0 Å². The molecule has 76 valence electrons. The largest absolute Gasteiger partial charge is 0.481 e. The molecule has 2 N–H and O–H groups in total. The maximum Gasteiger partial charge on any atom is 0.339 e.